The fraction of sp³-hybridized carbons (Fsp3) is 0.222. The van der Waals surface area contributed by atoms with Crippen molar-refractivity contribution in [1.82, 2.24) is 0 Å². The molecular formula is C9H19Cl2N3O4. The first-order valence-corrected chi connectivity index (χ1v) is 4.03. The Bertz CT molecular complexity index is 365. The highest BCUT2D eigenvalue weighted by molar-refractivity contribution is 5.94. The van der Waals surface area contributed by atoms with Gasteiger partial charge in [0.05, 0.1) is 22.6 Å². The quantitative estimate of drug-likeness (QED) is 0.645. The SMILES string of the molecule is CN(C)c1c(N)cc(C(=O)O)cc1N.Cl.Cl.O.O. The summed E-state index contributed by atoms with van der Waals surface area (Å²) in [7, 11) is 3.59. The van der Waals surface area contributed by atoms with Crippen LogP contribution in [0.15, 0.2) is 12.1 Å². The number of hydrogen-bond donors (Lipinski definition) is 3. The molecule has 0 radical (unpaired) electrons. The second kappa shape index (κ2) is 9.60. The minimum Gasteiger partial charge on any atom is -0.478 e. The number of rotatable bonds is 2. The van der Waals surface area contributed by atoms with E-state index in [1.54, 1.807) is 19.0 Å². The van der Waals surface area contributed by atoms with Gasteiger partial charge < -0.3 is 32.4 Å². The highest BCUT2D eigenvalue weighted by Gasteiger charge is 2.11. The van der Waals surface area contributed by atoms with Gasteiger partial charge in [0.25, 0.3) is 0 Å². The van der Waals surface area contributed by atoms with Gasteiger partial charge in [0.15, 0.2) is 0 Å². The molecule has 0 bridgehead atoms. The molecule has 0 aromatic heterocycles. The molecule has 18 heavy (non-hydrogen) atoms. The summed E-state index contributed by atoms with van der Waals surface area (Å²) in [5.41, 5.74) is 12.8. The van der Waals surface area contributed by atoms with Gasteiger partial charge in [0.2, 0.25) is 0 Å². The van der Waals surface area contributed by atoms with E-state index in [0.717, 1.165) is 0 Å². The summed E-state index contributed by atoms with van der Waals surface area (Å²) in [6.45, 7) is 0. The van der Waals surface area contributed by atoms with E-state index in [4.69, 9.17) is 16.6 Å². The summed E-state index contributed by atoms with van der Waals surface area (Å²) in [5, 5.41) is 8.74. The second-order valence-corrected chi connectivity index (χ2v) is 3.20. The lowest BCUT2D eigenvalue weighted by Gasteiger charge is -2.18. The number of hydrogen-bond acceptors (Lipinski definition) is 4. The van der Waals surface area contributed by atoms with Gasteiger partial charge in [-0.05, 0) is 12.1 Å². The van der Waals surface area contributed by atoms with Gasteiger partial charge in [0.1, 0.15) is 0 Å². The number of carboxylic acid groups (broad SMARTS) is 1. The molecule has 0 amide bonds. The lowest BCUT2D eigenvalue weighted by Crippen LogP contribution is -2.14. The maximum atomic E-state index is 10.7. The van der Waals surface area contributed by atoms with Crippen LogP contribution >= 0.6 is 24.8 Å². The fourth-order valence-corrected chi connectivity index (χ4v) is 1.32. The van der Waals surface area contributed by atoms with Crippen LogP contribution in [0.5, 0.6) is 0 Å². The standard InChI is InChI=1S/C9H13N3O2.2ClH.2H2O/c1-12(2)8-6(10)3-5(9(13)14)4-7(8)11;;;;/h3-4H,10-11H2,1-2H3,(H,13,14);2*1H;2*1H2. The molecule has 0 atom stereocenters. The molecule has 0 aliphatic heterocycles. The Kier molecular flexibility index (Phi) is 13.6. The van der Waals surface area contributed by atoms with Crippen molar-refractivity contribution in [1.29, 1.82) is 0 Å². The van der Waals surface area contributed by atoms with Gasteiger partial charge in [0, 0.05) is 14.1 Å². The molecule has 108 valence electrons. The Labute approximate surface area is 117 Å². The van der Waals surface area contributed by atoms with Crippen LogP contribution < -0.4 is 16.4 Å². The molecule has 0 aliphatic carbocycles. The summed E-state index contributed by atoms with van der Waals surface area (Å²) in [4.78, 5) is 12.4. The minimum absolute atomic E-state index is 0. The molecule has 9 heteroatoms. The van der Waals surface area contributed by atoms with Gasteiger partial charge >= 0.3 is 5.97 Å². The van der Waals surface area contributed by atoms with Crippen LogP contribution in [0.1, 0.15) is 10.4 Å². The molecule has 0 unspecified atom stereocenters. The molecule has 1 rings (SSSR count). The maximum Gasteiger partial charge on any atom is 0.335 e. The lowest BCUT2D eigenvalue weighted by molar-refractivity contribution is 0.0697. The first-order chi connectivity index (χ1) is 6.43. The van der Waals surface area contributed by atoms with Crippen molar-refractivity contribution in [3.63, 3.8) is 0 Å². The van der Waals surface area contributed by atoms with Crippen LogP contribution in [-0.4, -0.2) is 36.1 Å². The molecular weight excluding hydrogens is 285 g/mol. The number of nitrogens with zero attached hydrogens (tertiary/aromatic N) is 1. The van der Waals surface area contributed by atoms with Crippen LogP contribution in [-0.2, 0) is 0 Å². The molecule has 0 fully saturated rings. The van der Waals surface area contributed by atoms with Crippen molar-refractivity contribution in [3.8, 4) is 0 Å². The maximum absolute atomic E-state index is 10.7. The van der Waals surface area contributed by atoms with Crippen molar-refractivity contribution in [2.45, 2.75) is 0 Å². The highest BCUT2D eigenvalue weighted by Crippen LogP contribution is 2.30. The number of carboxylic acids is 1. The van der Waals surface area contributed by atoms with Gasteiger partial charge in [-0.1, -0.05) is 0 Å². The Balaban J connectivity index is -0.000000245. The van der Waals surface area contributed by atoms with Gasteiger partial charge in [-0.15, -0.1) is 24.8 Å². The van der Waals surface area contributed by atoms with Crippen molar-refractivity contribution in [3.05, 3.63) is 17.7 Å². The average Bonchev–Trinajstić information content (AvgIpc) is 2.01. The number of carbonyl (C=O) groups is 1. The smallest absolute Gasteiger partial charge is 0.335 e. The van der Waals surface area contributed by atoms with Crippen LogP contribution in [0.3, 0.4) is 0 Å². The number of nitrogens with two attached hydrogens (primary N) is 2. The van der Waals surface area contributed by atoms with Gasteiger partial charge in [-0.3, -0.25) is 0 Å². The predicted octanol–water partition coefficient (Wildman–Crippen LogP) is -0.191. The molecule has 0 aliphatic rings. The topological polar surface area (TPSA) is 156 Å². The van der Waals surface area contributed by atoms with Gasteiger partial charge in [-0.25, -0.2) is 4.79 Å². The van der Waals surface area contributed by atoms with E-state index >= 15 is 0 Å². The highest BCUT2D eigenvalue weighted by atomic mass is 35.5. The summed E-state index contributed by atoms with van der Waals surface area (Å²) in [6.07, 6.45) is 0. The molecule has 0 saturated heterocycles. The summed E-state index contributed by atoms with van der Waals surface area (Å²) in [5.74, 6) is -1.03. The average molecular weight is 304 g/mol. The monoisotopic (exact) mass is 303 g/mol. The summed E-state index contributed by atoms with van der Waals surface area (Å²) < 4.78 is 0. The normalized spacial score (nSPS) is 7.67. The van der Waals surface area contributed by atoms with Gasteiger partial charge in [-0.2, -0.15) is 0 Å². The third-order valence-corrected chi connectivity index (χ3v) is 1.86. The zero-order valence-electron chi connectivity index (χ0n) is 9.93. The van der Waals surface area contributed by atoms with Crippen LogP contribution in [0.25, 0.3) is 0 Å². The van der Waals surface area contributed by atoms with E-state index in [-0.39, 0.29) is 41.3 Å². The molecule has 7 nitrogen and oxygen atoms in total. The number of nitrogen functional groups attached to an aromatic ring is 2. The zero-order valence-corrected chi connectivity index (χ0v) is 11.6. The van der Waals surface area contributed by atoms with E-state index in [1.807, 2.05) is 0 Å². The lowest BCUT2D eigenvalue weighted by atomic mass is 10.1. The van der Waals surface area contributed by atoms with Crippen LogP contribution in [0.2, 0.25) is 0 Å². The fourth-order valence-electron chi connectivity index (χ4n) is 1.32. The third kappa shape index (κ3) is 5.28. The van der Waals surface area contributed by atoms with Crippen molar-refractivity contribution in [2.75, 3.05) is 30.5 Å². The van der Waals surface area contributed by atoms with E-state index in [0.29, 0.717) is 17.1 Å². The van der Waals surface area contributed by atoms with Crippen molar-refractivity contribution < 1.29 is 20.9 Å². The van der Waals surface area contributed by atoms with Crippen molar-refractivity contribution >= 4 is 47.8 Å². The number of anilines is 3. The molecule has 0 saturated carbocycles. The largest absolute Gasteiger partial charge is 0.478 e. The molecule has 0 heterocycles. The summed E-state index contributed by atoms with van der Waals surface area (Å²) in [6, 6.07) is 2.79. The van der Waals surface area contributed by atoms with E-state index in [1.165, 1.54) is 12.1 Å². The Morgan fingerprint density at radius 1 is 1.11 bits per heavy atom. The number of halogens is 2. The van der Waals surface area contributed by atoms with E-state index in [9.17, 15) is 4.79 Å². The first kappa shape index (κ1) is 25.4. The minimum atomic E-state index is -1.03. The molecule has 9 N–H and O–H groups in total. The zero-order chi connectivity index (χ0) is 10.9. The Morgan fingerprint density at radius 2 is 1.44 bits per heavy atom. The Hall–Kier alpha value is -1.41. The second-order valence-electron chi connectivity index (χ2n) is 3.20. The molecule has 1 aromatic carbocycles. The third-order valence-electron chi connectivity index (χ3n) is 1.86. The number of aromatic carboxylic acids is 1. The van der Waals surface area contributed by atoms with Crippen LogP contribution in [0, 0.1) is 0 Å². The first-order valence-electron chi connectivity index (χ1n) is 4.03. The summed E-state index contributed by atoms with van der Waals surface area (Å²) >= 11 is 0. The Morgan fingerprint density at radius 3 is 1.67 bits per heavy atom. The predicted molar refractivity (Wildman–Crippen MR) is 78.3 cm³/mol. The molecule has 0 spiro atoms. The van der Waals surface area contributed by atoms with Crippen molar-refractivity contribution in [2.24, 2.45) is 0 Å². The number of benzene rings is 1. The van der Waals surface area contributed by atoms with E-state index < -0.39 is 5.97 Å². The van der Waals surface area contributed by atoms with Crippen LogP contribution in [0.4, 0.5) is 17.1 Å². The van der Waals surface area contributed by atoms with E-state index in [2.05, 4.69) is 0 Å². The molecule has 1 aromatic rings.